The molecule has 6 nitrogen and oxygen atoms in total. The molecule has 3 rings (SSSR count). The number of anilines is 4. The zero-order valence-electron chi connectivity index (χ0n) is 14.5. The summed E-state index contributed by atoms with van der Waals surface area (Å²) in [6.07, 6.45) is 3.04. The van der Waals surface area contributed by atoms with Crippen LogP contribution in [-0.2, 0) is 4.79 Å². The molecule has 0 saturated heterocycles. The van der Waals surface area contributed by atoms with Crippen LogP contribution in [0.2, 0.25) is 0 Å². The summed E-state index contributed by atoms with van der Waals surface area (Å²) in [5.41, 5.74) is 2.96. The van der Waals surface area contributed by atoms with Crippen LogP contribution < -0.4 is 16.0 Å². The lowest BCUT2D eigenvalue weighted by Gasteiger charge is -2.09. The third kappa shape index (κ3) is 5.12. The van der Waals surface area contributed by atoms with Crippen LogP contribution in [0.15, 0.2) is 67.0 Å². The van der Waals surface area contributed by atoms with Crippen molar-refractivity contribution >= 4 is 34.6 Å². The monoisotopic (exact) mass is 364 g/mol. The highest BCUT2D eigenvalue weighted by molar-refractivity contribution is 6.04. The lowest BCUT2D eigenvalue weighted by atomic mass is 10.2. The van der Waals surface area contributed by atoms with Gasteiger partial charge in [0.25, 0.3) is 5.91 Å². The van der Waals surface area contributed by atoms with Gasteiger partial charge in [0.05, 0.1) is 17.4 Å². The van der Waals surface area contributed by atoms with Gasteiger partial charge in [-0.15, -0.1) is 0 Å². The normalized spacial score (nSPS) is 10.1. The second-order valence-electron chi connectivity index (χ2n) is 5.81. The summed E-state index contributed by atoms with van der Waals surface area (Å²) in [6.45, 7) is 1.44. The molecule has 7 heteroatoms. The number of rotatable bonds is 5. The molecule has 0 spiro atoms. The van der Waals surface area contributed by atoms with Gasteiger partial charge in [-0.2, -0.15) is 0 Å². The Hall–Kier alpha value is -3.74. The number of nitrogens with zero attached hydrogens (tertiary/aromatic N) is 1. The number of carbonyl (C=O) groups is 2. The Bertz CT molecular complexity index is 956. The average Bonchev–Trinajstić information content (AvgIpc) is 2.65. The van der Waals surface area contributed by atoms with Gasteiger partial charge in [0.2, 0.25) is 5.91 Å². The molecule has 0 aliphatic carbocycles. The standard InChI is InChI=1S/C20H17FN4O2/c1-13(26)23-16-6-8-17(9-7-16)24-19-10-14(11-22-12-19)20(27)25-18-4-2-15(21)3-5-18/h2-12,24H,1H3,(H,23,26)(H,25,27). The van der Waals surface area contributed by atoms with Crippen LogP contribution >= 0.6 is 0 Å². The minimum absolute atomic E-state index is 0.139. The van der Waals surface area contributed by atoms with Gasteiger partial charge in [0.1, 0.15) is 5.82 Å². The second kappa shape index (κ2) is 8.09. The van der Waals surface area contributed by atoms with Crippen molar-refractivity contribution in [3.63, 3.8) is 0 Å². The number of pyridine rings is 1. The molecule has 3 aromatic rings. The maximum atomic E-state index is 12.9. The fourth-order valence-electron chi connectivity index (χ4n) is 2.38. The first-order chi connectivity index (χ1) is 13.0. The van der Waals surface area contributed by atoms with E-state index in [1.165, 1.54) is 37.4 Å². The molecule has 0 aliphatic heterocycles. The van der Waals surface area contributed by atoms with Crippen LogP contribution in [0, 0.1) is 5.82 Å². The molecule has 2 amide bonds. The zero-order valence-corrected chi connectivity index (χ0v) is 14.5. The summed E-state index contributed by atoms with van der Waals surface area (Å²) in [6, 6.07) is 14.3. The molecule has 136 valence electrons. The molecular formula is C20H17FN4O2. The molecule has 0 aliphatic rings. The number of hydrogen-bond donors (Lipinski definition) is 3. The van der Waals surface area contributed by atoms with Crippen LogP contribution in [0.3, 0.4) is 0 Å². The van der Waals surface area contributed by atoms with Gasteiger partial charge in [0.15, 0.2) is 0 Å². The Labute approximate surface area is 155 Å². The third-order valence-corrected chi connectivity index (χ3v) is 3.60. The topological polar surface area (TPSA) is 83.1 Å². The number of hydrogen-bond acceptors (Lipinski definition) is 4. The quantitative estimate of drug-likeness (QED) is 0.634. The van der Waals surface area contributed by atoms with Crippen molar-refractivity contribution in [3.05, 3.63) is 78.4 Å². The zero-order chi connectivity index (χ0) is 19.2. The Morgan fingerprint density at radius 3 is 2.07 bits per heavy atom. The highest BCUT2D eigenvalue weighted by atomic mass is 19.1. The summed E-state index contributed by atoms with van der Waals surface area (Å²) in [5, 5.41) is 8.53. The average molecular weight is 364 g/mol. The smallest absolute Gasteiger partial charge is 0.257 e. The fraction of sp³-hybridized carbons (Fsp3) is 0.0500. The van der Waals surface area contributed by atoms with E-state index in [1.807, 2.05) is 0 Å². The minimum Gasteiger partial charge on any atom is -0.354 e. The van der Waals surface area contributed by atoms with E-state index in [4.69, 9.17) is 0 Å². The summed E-state index contributed by atoms with van der Waals surface area (Å²) in [5.74, 6) is -0.857. The first-order valence-corrected chi connectivity index (χ1v) is 8.16. The molecule has 0 fully saturated rings. The maximum absolute atomic E-state index is 12.9. The van der Waals surface area contributed by atoms with Crippen molar-refractivity contribution in [2.75, 3.05) is 16.0 Å². The van der Waals surface area contributed by atoms with Gasteiger partial charge in [-0.25, -0.2) is 4.39 Å². The first-order valence-electron chi connectivity index (χ1n) is 8.16. The molecule has 0 saturated carbocycles. The van der Waals surface area contributed by atoms with Gasteiger partial charge >= 0.3 is 0 Å². The summed E-state index contributed by atoms with van der Waals surface area (Å²) >= 11 is 0. The fourth-order valence-corrected chi connectivity index (χ4v) is 2.38. The SMILES string of the molecule is CC(=O)Nc1ccc(Nc2cncc(C(=O)Nc3ccc(F)cc3)c2)cc1. The summed E-state index contributed by atoms with van der Waals surface area (Å²) in [4.78, 5) is 27.5. The second-order valence-corrected chi connectivity index (χ2v) is 5.81. The van der Waals surface area contributed by atoms with Crippen molar-refractivity contribution in [2.24, 2.45) is 0 Å². The van der Waals surface area contributed by atoms with Crippen LogP contribution in [0.25, 0.3) is 0 Å². The van der Waals surface area contributed by atoms with Gasteiger partial charge in [-0.3, -0.25) is 14.6 Å². The van der Waals surface area contributed by atoms with E-state index < -0.39 is 0 Å². The lowest BCUT2D eigenvalue weighted by molar-refractivity contribution is -0.114. The molecule has 2 aromatic carbocycles. The van der Waals surface area contributed by atoms with Crippen LogP contribution in [-0.4, -0.2) is 16.8 Å². The van der Waals surface area contributed by atoms with Gasteiger partial charge in [0, 0.05) is 30.2 Å². The molecule has 0 bridgehead atoms. The molecule has 0 radical (unpaired) electrons. The van der Waals surface area contributed by atoms with E-state index >= 15 is 0 Å². The van der Waals surface area contributed by atoms with E-state index in [9.17, 15) is 14.0 Å². The van der Waals surface area contributed by atoms with Gasteiger partial charge in [-0.05, 0) is 54.6 Å². The predicted molar refractivity (Wildman–Crippen MR) is 103 cm³/mol. The Morgan fingerprint density at radius 1 is 0.815 bits per heavy atom. The van der Waals surface area contributed by atoms with Crippen molar-refractivity contribution in [1.82, 2.24) is 4.98 Å². The Morgan fingerprint density at radius 2 is 1.41 bits per heavy atom. The van der Waals surface area contributed by atoms with Crippen molar-refractivity contribution in [3.8, 4) is 0 Å². The van der Waals surface area contributed by atoms with Gasteiger partial charge in [-0.1, -0.05) is 0 Å². The molecule has 0 unspecified atom stereocenters. The molecule has 27 heavy (non-hydrogen) atoms. The summed E-state index contributed by atoms with van der Waals surface area (Å²) < 4.78 is 12.9. The van der Waals surface area contributed by atoms with E-state index in [0.717, 1.165) is 5.69 Å². The highest BCUT2D eigenvalue weighted by Gasteiger charge is 2.08. The van der Waals surface area contributed by atoms with Crippen LogP contribution in [0.5, 0.6) is 0 Å². The number of carbonyl (C=O) groups excluding carboxylic acids is 2. The maximum Gasteiger partial charge on any atom is 0.257 e. The number of halogens is 1. The number of nitrogens with one attached hydrogen (secondary N) is 3. The predicted octanol–water partition coefficient (Wildman–Crippen LogP) is 4.18. The Balaban J connectivity index is 1.68. The van der Waals surface area contributed by atoms with Crippen molar-refractivity contribution in [1.29, 1.82) is 0 Å². The first kappa shape index (κ1) is 18.1. The van der Waals surface area contributed by atoms with Crippen LogP contribution in [0.4, 0.5) is 27.1 Å². The van der Waals surface area contributed by atoms with Gasteiger partial charge < -0.3 is 16.0 Å². The van der Waals surface area contributed by atoms with E-state index in [1.54, 1.807) is 36.5 Å². The largest absolute Gasteiger partial charge is 0.354 e. The number of aromatic nitrogens is 1. The third-order valence-electron chi connectivity index (χ3n) is 3.60. The molecule has 0 atom stereocenters. The number of amides is 2. The van der Waals surface area contributed by atoms with Crippen LogP contribution in [0.1, 0.15) is 17.3 Å². The van der Waals surface area contributed by atoms with E-state index in [2.05, 4.69) is 20.9 Å². The summed E-state index contributed by atoms with van der Waals surface area (Å²) in [7, 11) is 0. The van der Waals surface area contributed by atoms with Crippen molar-refractivity contribution in [2.45, 2.75) is 6.92 Å². The number of benzene rings is 2. The molecular weight excluding hydrogens is 347 g/mol. The molecule has 3 N–H and O–H groups in total. The minimum atomic E-state index is -0.370. The van der Waals surface area contributed by atoms with Crippen molar-refractivity contribution < 1.29 is 14.0 Å². The lowest BCUT2D eigenvalue weighted by Crippen LogP contribution is -2.12. The Kier molecular flexibility index (Phi) is 5.41. The van der Waals surface area contributed by atoms with E-state index in [0.29, 0.717) is 22.6 Å². The van der Waals surface area contributed by atoms with E-state index in [-0.39, 0.29) is 17.6 Å². The molecule has 1 aromatic heterocycles. The highest BCUT2D eigenvalue weighted by Crippen LogP contribution is 2.20. The molecule has 1 heterocycles.